The first kappa shape index (κ1) is 40.5. The number of rotatable bonds is 15. The van der Waals surface area contributed by atoms with Crippen molar-refractivity contribution in [1.29, 1.82) is 0 Å². The first-order valence-corrected chi connectivity index (χ1v) is 15.7. The van der Waals surface area contributed by atoms with Crippen LogP contribution in [0.1, 0.15) is 105 Å². The fraction of sp³-hybridized carbons (Fsp3) is 0.459. The molecule has 3 N–H and O–H groups in total. The summed E-state index contributed by atoms with van der Waals surface area (Å²) in [4.78, 5) is 8.15. The topological polar surface area (TPSA) is 61.3 Å². The van der Waals surface area contributed by atoms with Crippen LogP contribution < -0.4 is 16.0 Å². The van der Waals surface area contributed by atoms with Crippen molar-refractivity contribution in [3.8, 4) is 0 Å². The van der Waals surface area contributed by atoms with Gasteiger partial charge >= 0.3 is 0 Å². The minimum absolute atomic E-state index is 0.951. The molecule has 0 atom stereocenters. The Balaban J connectivity index is 0. The van der Waals surface area contributed by atoms with Gasteiger partial charge in [-0.1, -0.05) is 96.7 Å². The SMILES string of the molecule is C/C=C\C(=C/CC)c1ccc(NCCC)nc1.C=CNCC.C=N/C=C(\C)c1cccc(NC)c1.CCCCCCC. The maximum absolute atomic E-state index is 4.42. The average Bonchev–Trinajstić information content (AvgIpc) is 3.02. The van der Waals surface area contributed by atoms with Gasteiger partial charge in [0, 0.05) is 38.2 Å². The van der Waals surface area contributed by atoms with E-state index in [1.165, 1.54) is 48.8 Å². The number of hydrogen-bond donors (Lipinski definition) is 3. The number of aliphatic imine (C=N–C) groups is 1. The van der Waals surface area contributed by atoms with Crippen LogP contribution in [0.5, 0.6) is 0 Å². The Morgan fingerprint density at radius 2 is 1.67 bits per heavy atom. The molecule has 0 saturated carbocycles. The van der Waals surface area contributed by atoms with Crippen molar-refractivity contribution in [2.24, 2.45) is 4.99 Å². The van der Waals surface area contributed by atoms with Gasteiger partial charge in [-0.05, 0) is 93.1 Å². The minimum Gasteiger partial charge on any atom is -0.392 e. The molecule has 1 heterocycles. The van der Waals surface area contributed by atoms with E-state index in [0.717, 1.165) is 43.0 Å². The Morgan fingerprint density at radius 3 is 2.12 bits per heavy atom. The third-order valence-electron chi connectivity index (χ3n) is 5.87. The van der Waals surface area contributed by atoms with E-state index in [4.69, 9.17) is 0 Å². The zero-order valence-corrected chi connectivity index (χ0v) is 28.1. The van der Waals surface area contributed by atoms with Gasteiger partial charge in [-0.3, -0.25) is 4.99 Å². The van der Waals surface area contributed by atoms with Crippen molar-refractivity contribution in [1.82, 2.24) is 10.3 Å². The fourth-order valence-electron chi connectivity index (χ4n) is 3.56. The summed E-state index contributed by atoms with van der Waals surface area (Å²) in [5.74, 6) is 0.951. The quantitative estimate of drug-likeness (QED) is 0.112. The molecule has 5 nitrogen and oxygen atoms in total. The Morgan fingerprint density at radius 1 is 0.952 bits per heavy atom. The van der Waals surface area contributed by atoms with Gasteiger partial charge < -0.3 is 16.0 Å². The van der Waals surface area contributed by atoms with Crippen molar-refractivity contribution in [2.45, 2.75) is 93.4 Å². The van der Waals surface area contributed by atoms with Gasteiger partial charge in [0.25, 0.3) is 0 Å². The number of allylic oxidation sites excluding steroid dienone is 5. The van der Waals surface area contributed by atoms with E-state index in [-0.39, 0.29) is 0 Å². The molecule has 0 radical (unpaired) electrons. The second-order valence-electron chi connectivity index (χ2n) is 9.57. The number of nitrogens with one attached hydrogen (secondary N) is 3. The molecular formula is C37H61N5. The van der Waals surface area contributed by atoms with Crippen LogP contribution in [-0.4, -0.2) is 31.8 Å². The molecule has 0 aliphatic rings. The summed E-state index contributed by atoms with van der Waals surface area (Å²) < 4.78 is 0. The first-order valence-electron chi connectivity index (χ1n) is 15.7. The maximum atomic E-state index is 4.42. The van der Waals surface area contributed by atoms with E-state index in [0.29, 0.717) is 0 Å². The second-order valence-corrected chi connectivity index (χ2v) is 9.57. The molecule has 0 aliphatic carbocycles. The number of anilines is 2. The molecular weight excluding hydrogens is 514 g/mol. The van der Waals surface area contributed by atoms with E-state index < -0.39 is 0 Å². The number of benzene rings is 1. The summed E-state index contributed by atoms with van der Waals surface area (Å²) in [5.41, 5.74) is 5.80. The lowest BCUT2D eigenvalue weighted by Gasteiger charge is -2.06. The largest absolute Gasteiger partial charge is 0.392 e. The Bertz CT molecular complexity index is 999. The minimum atomic E-state index is 0.951. The maximum Gasteiger partial charge on any atom is 0.125 e. The van der Waals surface area contributed by atoms with Gasteiger partial charge in [0.15, 0.2) is 0 Å². The zero-order valence-electron chi connectivity index (χ0n) is 28.1. The van der Waals surface area contributed by atoms with Gasteiger partial charge in [-0.15, -0.1) is 0 Å². The van der Waals surface area contributed by atoms with Gasteiger partial charge in [0.2, 0.25) is 0 Å². The summed E-state index contributed by atoms with van der Waals surface area (Å²) in [7, 11) is 1.91. The molecule has 1 aromatic carbocycles. The van der Waals surface area contributed by atoms with Crippen LogP contribution in [0.4, 0.5) is 11.5 Å². The van der Waals surface area contributed by atoms with Crippen LogP contribution in [0.2, 0.25) is 0 Å². The summed E-state index contributed by atoms with van der Waals surface area (Å²) in [5, 5.41) is 9.24. The number of aromatic nitrogens is 1. The standard InChI is InChI=1S/C15H22N2.C11H14N2.C7H16.C4H9N/c1-4-7-13(8-5-2)14-9-10-15(17-12-14)16-11-6-3;1-9(8-12-2)10-5-4-6-11(7-10)13-3;1-3-5-7-6-4-2;1-3-5-4-2/h4,7-10,12H,5-6,11H2,1-3H3,(H,16,17);4-8,13H,2H2,1,3H3;3-7H2,1-2H3;3,5H,1,4H2,2H3/b7-4-,13-8+;9-8+;;. The highest BCUT2D eigenvalue weighted by atomic mass is 15.0. The van der Waals surface area contributed by atoms with Crippen molar-refractivity contribution < 1.29 is 0 Å². The highest BCUT2D eigenvalue weighted by molar-refractivity contribution is 5.73. The van der Waals surface area contributed by atoms with E-state index in [1.807, 2.05) is 52.2 Å². The third-order valence-corrected chi connectivity index (χ3v) is 5.87. The normalized spacial score (nSPS) is 10.7. The molecule has 0 amide bonds. The van der Waals surface area contributed by atoms with Crippen molar-refractivity contribution >= 4 is 29.4 Å². The van der Waals surface area contributed by atoms with Gasteiger partial charge in [-0.25, -0.2) is 4.98 Å². The molecule has 0 bridgehead atoms. The fourth-order valence-corrected chi connectivity index (χ4v) is 3.56. The molecule has 0 fully saturated rings. The molecule has 5 heteroatoms. The van der Waals surface area contributed by atoms with Crippen molar-refractivity contribution in [2.75, 3.05) is 30.8 Å². The van der Waals surface area contributed by atoms with Crippen LogP contribution in [0.15, 0.2) is 84.8 Å². The molecule has 0 saturated heterocycles. The van der Waals surface area contributed by atoms with E-state index in [1.54, 1.807) is 12.4 Å². The number of pyridine rings is 1. The first-order chi connectivity index (χ1) is 20.4. The predicted octanol–water partition coefficient (Wildman–Crippen LogP) is 10.8. The van der Waals surface area contributed by atoms with E-state index in [2.05, 4.69) is 103 Å². The van der Waals surface area contributed by atoms with Crippen molar-refractivity contribution in [3.05, 3.63) is 90.9 Å². The Kier molecular flexibility index (Phi) is 29.3. The number of nitrogens with zero attached hydrogens (tertiary/aromatic N) is 2. The van der Waals surface area contributed by atoms with Gasteiger partial charge in [-0.2, -0.15) is 0 Å². The number of hydrogen-bond acceptors (Lipinski definition) is 5. The van der Waals surface area contributed by atoms with Crippen LogP contribution in [0.25, 0.3) is 11.1 Å². The number of unbranched alkanes of at least 4 members (excludes halogenated alkanes) is 4. The Labute approximate surface area is 259 Å². The van der Waals surface area contributed by atoms with E-state index in [9.17, 15) is 0 Å². The monoisotopic (exact) mass is 575 g/mol. The smallest absolute Gasteiger partial charge is 0.125 e. The van der Waals surface area contributed by atoms with E-state index >= 15 is 0 Å². The summed E-state index contributed by atoms with van der Waals surface area (Å²) in [6.07, 6.45) is 20.9. The molecule has 2 rings (SSSR count). The highest BCUT2D eigenvalue weighted by Crippen LogP contribution is 2.18. The summed E-state index contributed by atoms with van der Waals surface area (Å²) in [6, 6.07) is 12.3. The zero-order chi connectivity index (χ0) is 31.8. The summed E-state index contributed by atoms with van der Waals surface area (Å²) >= 11 is 0. The lowest BCUT2D eigenvalue weighted by atomic mass is 10.1. The summed E-state index contributed by atoms with van der Waals surface area (Å²) in [6.45, 7) is 23.7. The average molecular weight is 576 g/mol. The third kappa shape index (κ3) is 22.1. The molecule has 234 valence electrons. The Hall–Kier alpha value is -3.60. The molecule has 0 unspecified atom stereocenters. The predicted molar refractivity (Wildman–Crippen MR) is 194 cm³/mol. The molecule has 0 spiro atoms. The molecule has 1 aromatic heterocycles. The van der Waals surface area contributed by atoms with Crippen LogP contribution in [-0.2, 0) is 0 Å². The lowest BCUT2D eigenvalue weighted by molar-refractivity contribution is 0.656. The lowest BCUT2D eigenvalue weighted by Crippen LogP contribution is -2.01. The van der Waals surface area contributed by atoms with Gasteiger partial charge in [0.05, 0.1) is 0 Å². The second kappa shape index (κ2) is 30.4. The van der Waals surface area contributed by atoms with Crippen molar-refractivity contribution in [3.63, 3.8) is 0 Å². The highest BCUT2D eigenvalue weighted by Gasteiger charge is 1.99. The molecule has 2 aromatic rings. The van der Waals surface area contributed by atoms with Crippen LogP contribution >= 0.6 is 0 Å². The molecule has 0 aliphatic heterocycles. The molecule has 42 heavy (non-hydrogen) atoms. The van der Waals surface area contributed by atoms with Gasteiger partial charge in [0.1, 0.15) is 5.82 Å². The van der Waals surface area contributed by atoms with Crippen LogP contribution in [0, 0.1) is 0 Å². The van der Waals surface area contributed by atoms with Crippen LogP contribution in [0.3, 0.4) is 0 Å².